The predicted octanol–water partition coefficient (Wildman–Crippen LogP) is 3.32. The van der Waals surface area contributed by atoms with Gasteiger partial charge in [-0.1, -0.05) is 34.1 Å². The Morgan fingerprint density at radius 3 is 2.65 bits per heavy atom. The lowest BCUT2D eigenvalue weighted by molar-refractivity contribution is 0.0661. The highest BCUT2D eigenvalue weighted by atomic mass is 79.9. The van der Waals surface area contributed by atoms with Gasteiger partial charge in [0.15, 0.2) is 0 Å². The van der Waals surface area contributed by atoms with E-state index in [4.69, 9.17) is 0 Å². The van der Waals surface area contributed by atoms with Crippen LogP contribution >= 0.6 is 15.9 Å². The maximum absolute atomic E-state index is 13.7. The summed E-state index contributed by atoms with van der Waals surface area (Å²) in [6.07, 6.45) is 1.14. The van der Waals surface area contributed by atoms with Crippen molar-refractivity contribution in [1.29, 1.82) is 0 Å². The zero-order chi connectivity index (χ0) is 16.9. The molecule has 0 aliphatic carbocycles. The van der Waals surface area contributed by atoms with Crippen LogP contribution in [0.4, 0.5) is 4.39 Å². The molecule has 0 saturated carbocycles. The van der Waals surface area contributed by atoms with Gasteiger partial charge in [0.2, 0.25) is 0 Å². The lowest BCUT2D eigenvalue weighted by Crippen LogP contribution is -2.30. The van der Waals surface area contributed by atoms with E-state index < -0.39 is 11.4 Å². The van der Waals surface area contributed by atoms with Gasteiger partial charge in [-0.15, -0.1) is 0 Å². The Balaban J connectivity index is 2.53. The van der Waals surface area contributed by atoms with Crippen LogP contribution in [0.25, 0.3) is 0 Å². The molecule has 124 valence electrons. The summed E-state index contributed by atoms with van der Waals surface area (Å²) in [5, 5.41) is 24.1. The molecule has 2 aromatic rings. The first-order valence-electron chi connectivity index (χ1n) is 7.54. The predicted molar refractivity (Wildman–Crippen MR) is 92.6 cm³/mol. The van der Waals surface area contributed by atoms with Gasteiger partial charge in [-0.25, -0.2) is 4.39 Å². The van der Waals surface area contributed by atoms with E-state index in [1.807, 2.05) is 13.1 Å². The minimum absolute atomic E-state index is 0.196. The molecular formula is C18H21BrFNO2. The van der Waals surface area contributed by atoms with Gasteiger partial charge in [0.05, 0.1) is 6.61 Å². The summed E-state index contributed by atoms with van der Waals surface area (Å²) in [7, 11) is 1.85. The Kier molecular flexibility index (Phi) is 6.30. The number of halogens is 2. The first kappa shape index (κ1) is 18.1. The second-order valence-electron chi connectivity index (χ2n) is 5.54. The van der Waals surface area contributed by atoms with Crippen molar-refractivity contribution in [2.24, 2.45) is 0 Å². The first-order valence-corrected chi connectivity index (χ1v) is 8.33. The van der Waals surface area contributed by atoms with E-state index in [-0.39, 0.29) is 6.61 Å². The van der Waals surface area contributed by atoms with Crippen LogP contribution in [0.15, 0.2) is 46.9 Å². The topological polar surface area (TPSA) is 52.5 Å². The number of nitrogens with one attached hydrogen (secondary N) is 1. The second-order valence-corrected chi connectivity index (χ2v) is 6.45. The molecule has 2 rings (SSSR count). The van der Waals surface area contributed by atoms with Crippen LogP contribution in [0.1, 0.15) is 29.5 Å². The maximum atomic E-state index is 13.7. The van der Waals surface area contributed by atoms with Crippen molar-refractivity contribution in [3.63, 3.8) is 0 Å². The highest BCUT2D eigenvalue weighted by molar-refractivity contribution is 9.10. The van der Waals surface area contributed by atoms with Crippen LogP contribution in [-0.2, 0) is 12.2 Å². The van der Waals surface area contributed by atoms with Crippen LogP contribution in [0.3, 0.4) is 0 Å². The molecule has 0 bridgehead atoms. The normalized spacial score (nSPS) is 13.8. The Morgan fingerprint density at radius 1 is 1.22 bits per heavy atom. The van der Waals surface area contributed by atoms with E-state index in [1.54, 1.807) is 24.3 Å². The van der Waals surface area contributed by atoms with Gasteiger partial charge in [0.1, 0.15) is 11.4 Å². The average Bonchev–Trinajstić information content (AvgIpc) is 2.54. The molecule has 3 nitrogen and oxygen atoms in total. The van der Waals surface area contributed by atoms with E-state index in [2.05, 4.69) is 21.2 Å². The second kappa shape index (κ2) is 8.02. The number of hydrogen-bond donors (Lipinski definition) is 3. The molecule has 0 spiro atoms. The van der Waals surface area contributed by atoms with E-state index in [9.17, 15) is 14.6 Å². The standard InChI is InChI=1S/C18H21BrFNO2/c1-21-9-3-8-18(23,14-4-2-5-16(20)11-14)17-7-6-15(19)10-13(17)12-22/h2,4-7,10-11,21-23H,3,8-9,12H2,1H3. The fourth-order valence-electron chi connectivity index (χ4n) is 2.80. The number of aliphatic hydroxyl groups excluding tert-OH is 1. The van der Waals surface area contributed by atoms with Gasteiger partial charge in [-0.2, -0.15) is 0 Å². The summed E-state index contributed by atoms with van der Waals surface area (Å²) in [5.74, 6) is -0.391. The Morgan fingerprint density at radius 2 is 2.00 bits per heavy atom. The van der Waals surface area contributed by atoms with Crippen LogP contribution < -0.4 is 5.32 Å². The van der Waals surface area contributed by atoms with Crippen molar-refractivity contribution in [2.75, 3.05) is 13.6 Å². The maximum Gasteiger partial charge on any atom is 0.123 e. The van der Waals surface area contributed by atoms with E-state index in [1.165, 1.54) is 12.1 Å². The molecule has 23 heavy (non-hydrogen) atoms. The fraction of sp³-hybridized carbons (Fsp3) is 0.333. The average molecular weight is 382 g/mol. The molecule has 0 fully saturated rings. The molecule has 0 aromatic heterocycles. The third-order valence-corrected chi connectivity index (χ3v) is 4.44. The van der Waals surface area contributed by atoms with Crippen molar-refractivity contribution in [3.05, 3.63) is 69.4 Å². The summed E-state index contributed by atoms with van der Waals surface area (Å²) < 4.78 is 14.5. The van der Waals surface area contributed by atoms with Gasteiger partial charge < -0.3 is 15.5 Å². The number of benzene rings is 2. The van der Waals surface area contributed by atoms with Gasteiger partial charge in [-0.05, 0) is 67.4 Å². The number of hydrogen-bond acceptors (Lipinski definition) is 3. The van der Waals surface area contributed by atoms with Crippen molar-refractivity contribution in [3.8, 4) is 0 Å². The molecule has 0 amide bonds. The molecule has 0 aliphatic rings. The first-order chi connectivity index (χ1) is 11.0. The minimum atomic E-state index is -1.35. The Hall–Kier alpha value is -1.27. The lowest BCUT2D eigenvalue weighted by Gasteiger charge is -2.31. The van der Waals surface area contributed by atoms with Gasteiger partial charge in [0, 0.05) is 4.47 Å². The van der Waals surface area contributed by atoms with E-state index in [0.717, 1.165) is 11.0 Å². The van der Waals surface area contributed by atoms with Gasteiger partial charge in [-0.3, -0.25) is 0 Å². The van der Waals surface area contributed by atoms with Crippen molar-refractivity contribution in [1.82, 2.24) is 5.32 Å². The Bertz CT molecular complexity index is 665. The molecule has 0 aliphatic heterocycles. The molecule has 1 unspecified atom stereocenters. The van der Waals surface area contributed by atoms with Crippen molar-refractivity contribution < 1.29 is 14.6 Å². The van der Waals surface area contributed by atoms with Crippen LogP contribution in [0.5, 0.6) is 0 Å². The van der Waals surface area contributed by atoms with Crippen LogP contribution in [-0.4, -0.2) is 23.8 Å². The SMILES string of the molecule is CNCCCC(O)(c1cccc(F)c1)c1ccc(Br)cc1CO. The molecule has 0 radical (unpaired) electrons. The zero-order valence-corrected chi connectivity index (χ0v) is 14.6. The molecule has 0 saturated heterocycles. The summed E-state index contributed by atoms with van der Waals surface area (Å²) in [4.78, 5) is 0. The lowest BCUT2D eigenvalue weighted by atomic mass is 9.80. The third-order valence-electron chi connectivity index (χ3n) is 3.95. The van der Waals surface area contributed by atoms with E-state index in [0.29, 0.717) is 29.5 Å². The van der Waals surface area contributed by atoms with E-state index >= 15 is 0 Å². The van der Waals surface area contributed by atoms with Crippen molar-refractivity contribution in [2.45, 2.75) is 25.0 Å². The summed E-state index contributed by atoms with van der Waals surface area (Å²) >= 11 is 3.37. The molecule has 2 aromatic carbocycles. The summed E-state index contributed by atoms with van der Waals surface area (Å²) in [5.41, 5.74) is 0.365. The third kappa shape index (κ3) is 4.18. The van der Waals surface area contributed by atoms with Gasteiger partial charge in [0.25, 0.3) is 0 Å². The number of rotatable bonds is 7. The molecule has 5 heteroatoms. The zero-order valence-electron chi connectivity index (χ0n) is 13.0. The van der Waals surface area contributed by atoms with Gasteiger partial charge >= 0.3 is 0 Å². The largest absolute Gasteiger partial charge is 0.392 e. The minimum Gasteiger partial charge on any atom is -0.392 e. The number of aliphatic hydroxyl groups is 2. The summed E-state index contributed by atoms with van der Waals surface area (Å²) in [6, 6.07) is 11.4. The van der Waals surface area contributed by atoms with Crippen LogP contribution in [0.2, 0.25) is 0 Å². The highest BCUT2D eigenvalue weighted by Gasteiger charge is 2.33. The quantitative estimate of drug-likeness (QED) is 0.644. The molecule has 1 atom stereocenters. The monoisotopic (exact) mass is 381 g/mol. The smallest absolute Gasteiger partial charge is 0.123 e. The fourth-order valence-corrected chi connectivity index (χ4v) is 3.21. The molecule has 0 heterocycles. The molecular weight excluding hydrogens is 361 g/mol. The molecule has 3 N–H and O–H groups in total. The van der Waals surface area contributed by atoms with Crippen molar-refractivity contribution >= 4 is 15.9 Å². The van der Waals surface area contributed by atoms with Crippen LogP contribution in [0, 0.1) is 5.82 Å². The summed E-state index contributed by atoms with van der Waals surface area (Å²) in [6.45, 7) is 0.543. The Labute approximate surface area is 144 Å². The highest BCUT2D eigenvalue weighted by Crippen LogP contribution is 2.37.